The molecule has 3 aromatic rings. The molecule has 0 aliphatic rings. The lowest BCUT2D eigenvalue weighted by Crippen LogP contribution is -2.00. The highest BCUT2D eigenvalue weighted by Crippen LogP contribution is 2.26. The number of para-hydroxylation sites is 1. The van der Waals surface area contributed by atoms with E-state index in [2.05, 4.69) is 33.2 Å². The number of benzene rings is 2. The fourth-order valence-electron chi connectivity index (χ4n) is 2.33. The third kappa shape index (κ3) is 2.92. The van der Waals surface area contributed by atoms with E-state index in [4.69, 9.17) is 16.3 Å². The van der Waals surface area contributed by atoms with Crippen molar-refractivity contribution in [2.75, 3.05) is 0 Å². The van der Waals surface area contributed by atoms with Gasteiger partial charge in [0.05, 0.1) is 11.4 Å². The Morgan fingerprint density at radius 3 is 2.86 bits per heavy atom. The van der Waals surface area contributed by atoms with E-state index in [0.717, 1.165) is 32.4 Å². The molecule has 0 saturated heterocycles. The summed E-state index contributed by atoms with van der Waals surface area (Å²) in [4.78, 5) is 0. The van der Waals surface area contributed by atoms with E-state index in [1.54, 1.807) is 0 Å². The van der Waals surface area contributed by atoms with E-state index in [0.29, 0.717) is 12.5 Å². The molecule has 0 amide bonds. The number of fused-ring (bicyclic) bond motifs is 1. The SMILES string of the molecule is Cn1nc(COc2ccc(Br)cc2CCl)c2ccccc21. The molecule has 0 atom stereocenters. The van der Waals surface area contributed by atoms with Crippen molar-refractivity contribution < 1.29 is 4.74 Å². The zero-order valence-corrected chi connectivity index (χ0v) is 13.9. The van der Waals surface area contributed by atoms with Crippen molar-refractivity contribution in [2.24, 2.45) is 7.05 Å². The first kappa shape index (κ1) is 14.4. The third-order valence-corrected chi connectivity index (χ3v) is 4.15. The molecule has 0 radical (unpaired) electrons. The molecule has 0 saturated carbocycles. The van der Waals surface area contributed by atoms with Gasteiger partial charge in [-0.3, -0.25) is 4.68 Å². The molecule has 3 rings (SSSR count). The Kier molecular flexibility index (Phi) is 4.17. The molecule has 2 aromatic carbocycles. The lowest BCUT2D eigenvalue weighted by molar-refractivity contribution is 0.299. The Bertz CT molecular complexity index is 785. The summed E-state index contributed by atoms with van der Waals surface area (Å²) in [7, 11) is 1.94. The molecule has 0 aliphatic carbocycles. The molecule has 1 heterocycles. The van der Waals surface area contributed by atoms with Crippen LogP contribution in [0.3, 0.4) is 0 Å². The molecular formula is C16H14BrClN2O. The zero-order chi connectivity index (χ0) is 14.8. The van der Waals surface area contributed by atoms with Gasteiger partial charge < -0.3 is 4.74 Å². The van der Waals surface area contributed by atoms with Crippen LogP contribution in [0.1, 0.15) is 11.3 Å². The van der Waals surface area contributed by atoms with Gasteiger partial charge in [-0.25, -0.2) is 0 Å². The van der Waals surface area contributed by atoms with Gasteiger partial charge in [-0.05, 0) is 24.3 Å². The van der Waals surface area contributed by atoms with Crippen molar-refractivity contribution in [1.29, 1.82) is 0 Å². The molecule has 108 valence electrons. The maximum absolute atomic E-state index is 5.96. The number of nitrogens with zero attached hydrogens (tertiary/aromatic N) is 2. The Balaban J connectivity index is 1.87. The van der Waals surface area contributed by atoms with Crippen molar-refractivity contribution in [1.82, 2.24) is 9.78 Å². The number of hydrogen-bond acceptors (Lipinski definition) is 2. The number of rotatable bonds is 4. The van der Waals surface area contributed by atoms with Crippen LogP contribution in [0.2, 0.25) is 0 Å². The average molecular weight is 366 g/mol. The standard InChI is InChI=1S/C16H14BrClN2O/c1-20-15-5-3-2-4-13(15)14(19-20)10-21-16-7-6-12(17)8-11(16)9-18/h2-8H,9-10H2,1H3. The normalized spacial score (nSPS) is 11.0. The molecule has 0 fully saturated rings. The summed E-state index contributed by atoms with van der Waals surface area (Å²) in [5, 5.41) is 5.64. The van der Waals surface area contributed by atoms with E-state index in [-0.39, 0.29) is 0 Å². The largest absolute Gasteiger partial charge is 0.487 e. The van der Waals surface area contributed by atoms with Crippen LogP contribution in [-0.4, -0.2) is 9.78 Å². The summed E-state index contributed by atoms with van der Waals surface area (Å²) in [5.41, 5.74) is 2.99. The Morgan fingerprint density at radius 1 is 1.24 bits per heavy atom. The van der Waals surface area contributed by atoms with Crippen LogP contribution in [0.4, 0.5) is 0 Å². The minimum atomic E-state index is 0.414. The molecule has 21 heavy (non-hydrogen) atoms. The van der Waals surface area contributed by atoms with Crippen molar-refractivity contribution >= 4 is 38.4 Å². The second kappa shape index (κ2) is 6.08. The second-order valence-electron chi connectivity index (χ2n) is 4.76. The van der Waals surface area contributed by atoms with E-state index in [1.807, 2.05) is 42.1 Å². The monoisotopic (exact) mass is 364 g/mol. The summed E-state index contributed by atoms with van der Waals surface area (Å²) in [6.07, 6.45) is 0. The van der Waals surface area contributed by atoms with Gasteiger partial charge in [-0.1, -0.05) is 34.1 Å². The highest BCUT2D eigenvalue weighted by molar-refractivity contribution is 9.10. The van der Waals surface area contributed by atoms with Crippen LogP contribution >= 0.6 is 27.5 Å². The van der Waals surface area contributed by atoms with Crippen LogP contribution in [0.5, 0.6) is 5.75 Å². The number of halogens is 2. The molecule has 0 N–H and O–H groups in total. The average Bonchev–Trinajstić information content (AvgIpc) is 2.83. The smallest absolute Gasteiger partial charge is 0.133 e. The van der Waals surface area contributed by atoms with Gasteiger partial charge in [-0.15, -0.1) is 11.6 Å². The maximum Gasteiger partial charge on any atom is 0.133 e. The lowest BCUT2D eigenvalue weighted by atomic mass is 10.2. The van der Waals surface area contributed by atoms with Crippen LogP contribution in [0.25, 0.3) is 10.9 Å². The van der Waals surface area contributed by atoms with Gasteiger partial charge in [0, 0.05) is 22.5 Å². The Labute approximate surface area is 136 Å². The summed E-state index contributed by atoms with van der Waals surface area (Å²) in [6, 6.07) is 14.0. The molecular weight excluding hydrogens is 352 g/mol. The number of alkyl halides is 1. The fraction of sp³-hybridized carbons (Fsp3) is 0.188. The number of aromatic nitrogens is 2. The van der Waals surface area contributed by atoms with Gasteiger partial charge >= 0.3 is 0 Å². The fourth-order valence-corrected chi connectivity index (χ4v) is 2.95. The van der Waals surface area contributed by atoms with E-state index in [1.165, 1.54) is 0 Å². The van der Waals surface area contributed by atoms with E-state index in [9.17, 15) is 0 Å². The van der Waals surface area contributed by atoms with Crippen molar-refractivity contribution in [2.45, 2.75) is 12.5 Å². The molecule has 0 bridgehead atoms. The first-order valence-corrected chi connectivity index (χ1v) is 7.89. The minimum Gasteiger partial charge on any atom is -0.487 e. The van der Waals surface area contributed by atoms with Crippen LogP contribution in [-0.2, 0) is 19.5 Å². The van der Waals surface area contributed by atoms with Gasteiger partial charge in [0.2, 0.25) is 0 Å². The quantitative estimate of drug-likeness (QED) is 0.629. The molecule has 0 spiro atoms. The van der Waals surface area contributed by atoms with Crippen molar-refractivity contribution in [3.8, 4) is 5.75 Å². The van der Waals surface area contributed by atoms with Gasteiger partial charge in [0.1, 0.15) is 18.1 Å². The van der Waals surface area contributed by atoms with Crippen LogP contribution in [0.15, 0.2) is 46.9 Å². The minimum absolute atomic E-state index is 0.414. The van der Waals surface area contributed by atoms with Crippen LogP contribution in [0, 0.1) is 0 Å². The predicted molar refractivity (Wildman–Crippen MR) is 88.7 cm³/mol. The maximum atomic E-state index is 5.96. The third-order valence-electron chi connectivity index (χ3n) is 3.37. The summed E-state index contributed by atoms with van der Waals surface area (Å²) < 4.78 is 8.78. The van der Waals surface area contributed by atoms with E-state index >= 15 is 0 Å². The molecule has 1 aromatic heterocycles. The van der Waals surface area contributed by atoms with Gasteiger partial charge in [0.15, 0.2) is 0 Å². The number of ether oxygens (including phenoxy) is 1. The highest BCUT2D eigenvalue weighted by Gasteiger charge is 2.10. The summed E-state index contributed by atoms with van der Waals surface area (Å²) in [6.45, 7) is 0.423. The Morgan fingerprint density at radius 2 is 2.05 bits per heavy atom. The highest BCUT2D eigenvalue weighted by atomic mass is 79.9. The number of aryl methyl sites for hydroxylation is 1. The topological polar surface area (TPSA) is 27.1 Å². The lowest BCUT2D eigenvalue weighted by Gasteiger charge is -2.09. The molecule has 0 aliphatic heterocycles. The zero-order valence-electron chi connectivity index (χ0n) is 11.5. The van der Waals surface area contributed by atoms with Gasteiger partial charge in [0.25, 0.3) is 0 Å². The Hall–Kier alpha value is -1.52. The first-order valence-electron chi connectivity index (χ1n) is 6.57. The van der Waals surface area contributed by atoms with Crippen molar-refractivity contribution in [3.63, 3.8) is 0 Å². The molecule has 3 nitrogen and oxygen atoms in total. The van der Waals surface area contributed by atoms with Crippen molar-refractivity contribution in [3.05, 3.63) is 58.2 Å². The van der Waals surface area contributed by atoms with Crippen LogP contribution < -0.4 is 4.74 Å². The van der Waals surface area contributed by atoms with E-state index < -0.39 is 0 Å². The van der Waals surface area contributed by atoms with Gasteiger partial charge in [-0.2, -0.15) is 5.10 Å². The second-order valence-corrected chi connectivity index (χ2v) is 5.94. The predicted octanol–water partition coefficient (Wildman–Crippen LogP) is 4.65. The molecule has 0 unspecified atom stereocenters. The number of hydrogen-bond donors (Lipinski definition) is 0. The first-order chi connectivity index (χ1) is 10.2. The summed E-state index contributed by atoms with van der Waals surface area (Å²) >= 11 is 9.40. The molecule has 5 heteroatoms. The summed E-state index contributed by atoms with van der Waals surface area (Å²) in [5.74, 6) is 1.21.